The quantitative estimate of drug-likeness (QED) is 0.918. The Kier molecular flexibility index (Phi) is 4.10. The topological polar surface area (TPSA) is 80.5 Å². The molecule has 1 aromatic carbocycles. The zero-order valence-electron chi connectivity index (χ0n) is 11.2. The summed E-state index contributed by atoms with van der Waals surface area (Å²) in [4.78, 5) is 13.2. The molecule has 7 heteroatoms. The fraction of sp³-hybridized carbons (Fsp3) is 0.462. The summed E-state index contributed by atoms with van der Waals surface area (Å²) in [6.45, 7) is 0. The maximum atomic E-state index is 13.4. The largest absolute Gasteiger partial charge is 0.339 e. The van der Waals surface area contributed by atoms with Crippen molar-refractivity contribution in [2.75, 3.05) is 7.05 Å². The number of hydrogen-bond acceptors (Lipinski definition) is 3. The van der Waals surface area contributed by atoms with E-state index in [0.717, 1.165) is 37.8 Å². The van der Waals surface area contributed by atoms with Crippen LogP contribution in [0.1, 0.15) is 36.0 Å². The van der Waals surface area contributed by atoms with Gasteiger partial charge in [0, 0.05) is 18.7 Å². The Balaban J connectivity index is 2.31. The van der Waals surface area contributed by atoms with Gasteiger partial charge in [0.05, 0.1) is 0 Å². The van der Waals surface area contributed by atoms with Gasteiger partial charge in [0.2, 0.25) is 10.0 Å². The van der Waals surface area contributed by atoms with Crippen LogP contribution >= 0.6 is 0 Å². The van der Waals surface area contributed by atoms with Crippen molar-refractivity contribution in [1.29, 1.82) is 0 Å². The molecule has 1 aliphatic rings. The molecule has 1 saturated carbocycles. The molecule has 0 heterocycles. The van der Waals surface area contributed by atoms with Gasteiger partial charge in [-0.1, -0.05) is 12.8 Å². The van der Waals surface area contributed by atoms with Crippen molar-refractivity contribution in [3.63, 3.8) is 0 Å². The van der Waals surface area contributed by atoms with Crippen LogP contribution < -0.4 is 5.14 Å². The van der Waals surface area contributed by atoms with E-state index in [1.54, 1.807) is 11.9 Å². The standard InChI is InChI=1S/C13H17FN2O3S/c1-16(10-4-2-3-5-10)13(17)9-6-7-11(14)12(8-9)20(15,18)19/h6-8,10H,2-5H2,1H3,(H2,15,18,19). The van der Waals surface area contributed by atoms with Crippen molar-refractivity contribution in [3.8, 4) is 0 Å². The summed E-state index contributed by atoms with van der Waals surface area (Å²) in [7, 11) is -2.50. The van der Waals surface area contributed by atoms with Crippen molar-refractivity contribution < 1.29 is 17.6 Å². The lowest BCUT2D eigenvalue weighted by molar-refractivity contribution is 0.0735. The van der Waals surface area contributed by atoms with Crippen LogP contribution in [-0.2, 0) is 10.0 Å². The van der Waals surface area contributed by atoms with Gasteiger partial charge in [-0.25, -0.2) is 17.9 Å². The minimum absolute atomic E-state index is 0.129. The molecule has 20 heavy (non-hydrogen) atoms. The number of rotatable bonds is 3. The van der Waals surface area contributed by atoms with E-state index in [2.05, 4.69) is 0 Å². The summed E-state index contributed by atoms with van der Waals surface area (Å²) < 4.78 is 36.0. The third kappa shape index (κ3) is 2.99. The Labute approximate surface area is 117 Å². The first-order valence-electron chi connectivity index (χ1n) is 6.40. The summed E-state index contributed by atoms with van der Waals surface area (Å²) in [5.74, 6) is -1.27. The molecule has 0 bridgehead atoms. The predicted molar refractivity (Wildman–Crippen MR) is 72.1 cm³/mol. The molecule has 0 aromatic heterocycles. The molecule has 1 aliphatic carbocycles. The van der Waals surface area contributed by atoms with Crippen molar-refractivity contribution in [2.24, 2.45) is 5.14 Å². The summed E-state index contributed by atoms with van der Waals surface area (Å²) >= 11 is 0. The van der Waals surface area contributed by atoms with Crippen LogP contribution in [0.4, 0.5) is 4.39 Å². The molecule has 0 unspecified atom stereocenters. The molecule has 0 atom stereocenters. The van der Waals surface area contributed by atoms with Crippen LogP contribution in [0.15, 0.2) is 23.1 Å². The second-order valence-electron chi connectivity index (χ2n) is 5.04. The number of halogens is 1. The first kappa shape index (κ1) is 14.9. The van der Waals surface area contributed by atoms with E-state index in [9.17, 15) is 17.6 Å². The number of nitrogens with two attached hydrogens (primary N) is 1. The van der Waals surface area contributed by atoms with Gasteiger partial charge >= 0.3 is 0 Å². The number of sulfonamides is 1. The molecular weight excluding hydrogens is 283 g/mol. The normalized spacial score (nSPS) is 16.4. The van der Waals surface area contributed by atoms with Gasteiger partial charge in [0.25, 0.3) is 5.91 Å². The molecular formula is C13H17FN2O3S. The highest BCUT2D eigenvalue weighted by Gasteiger charge is 2.25. The maximum absolute atomic E-state index is 13.4. The van der Waals surface area contributed by atoms with E-state index in [-0.39, 0.29) is 17.5 Å². The van der Waals surface area contributed by atoms with Crippen LogP contribution in [0, 0.1) is 5.82 Å². The van der Waals surface area contributed by atoms with Crippen LogP contribution in [0.25, 0.3) is 0 Å². The fourth-order valence-corrected chi connectivity index (χ4v) is 3.15. The molecule has 0 spiro atoms. The average Bonchev–Trinajstić information content (AvgIpc) is 2.90. The number of nitrogens with zero attached hydrogens (tertiary/aromatic N) is 1. The number of primary sulfonamides is 1. The number of carbonyl (C=O) groups is 1. The fourth-order valence-electron chi connectivity index (χ4n) is 2.52. The van der Waals surface area contributed by atoms with Gasteiger partial charge < -0.3 is 4.90 Å². The zero-order valence-corrected chi connectivity index (χ0v) is 12.0. The molecule has 1 fully saturated rings. The predicted octanol–water partition coefficient (Wildman–Crippen LogP) is 1.49. The van der Waals surface area contributed by atoms with E-state index in [1.807, 2.05) is 0 Å². The Morgan fingerprint density at radius 1 is 1.35 bits per heavy atom. The average molecular weight is 300 g/mol. The lowest BCUT2D eigenvalue weighted by atomic mass is 10.1. The number of amides is 1. The van der Waals surface area contributed by atoms with E-state index in [0.29, 0.717) is 0 Å². The van der Waals surface area contributed by atoms with Gasteiger partial charge in [-0.05, 0) is 31.0 Å². The van der Waals surface area contributed by atoms with Gasteiger partial charge in [-0.3, -0.25) is 4.79 Å². The molecule has 1 aromatic rings. The van der Waals surface area contributed by atoms with Crippen molar-refractivity contribution in [3.05, 3.63) is 29.6 Å². The van der Waals surface area contributed by atoms with E-state index < -0.39 is 20.7 Å². The van der Waals surface area contributed by atoms with E-state index in [4.69, 9.17) is 5.14 Å². The molecule has 2 N–H and O–H groups in total. The number of hydrogen-bond donors (Lipinski definition) is 1. The first-order chi connectivity index (χ1) is 9.30. The van der Waals surface area contributed by atoms with Gasteiger partial charge in [-0.2, -0.15) is 0 Å². The van der Waals surface area contributed by atoms with Gasteiger partial charge in [0.1, 0.15) is 10.7 Å². The van der Waals surface area contributed by atoms with Crippen LogP contribution in [-0.4, -0.2) is 32.3 Å². The number of benzene rings is 1. The van der Waals surface area contributed by atoms with Gasteiger partial charge in [0.15, 0.2) is 0 Å². The molecule has 110 valence electrons. The SMILES string of the molecule is CN(C(=O)c1ccc(F)c(S(N)(=O)=O)c1)C1CCCC1. The molecule has 0 aliphatic heterocycles. The maximum Gasteiger partial charge on any atom is 0.253 e. The molecule has 1 amide bonds. The highest BCUT2D eigenvalue weighted by Crippen LogP contribution is 2.24. The molecule has 0 saturated heterocycles. The third-order valence-corrected chi connectivity index (χ3v) is 4.60. The highest BCUT2D eigenvalue weighted by molar-refractivity contribution is 7.89. The lowest BCUT2D eigenvalue weighted by Crippen LogP contribution is -2.35. The summed E-state index contributed by atoms with van der Waals surface area (Å²) in [5.41, 5.74) is 0.129. The molecule has 5 nitrogen and oxygen atoms in total. The summed E-state index contributed by atoms with van der Waals surface area (Å²) in [6.07, 6.45) is 4.03. The van der Waals surface area contributed by atoms with Gasteiger partial charge in [-0.15, -0.1) is 0 Å². The van der Waals surface area contributed by atoms with E-state index >= 15 is 0 Å². The Morgan fingerprint density at radius 2 is 1.95 bits per heavy atom. The minimum Gasteiger partial charge on any atom is -0.339 e. The van der Waals surface area contributed by atoms with Crippen molar-refractivity contribution in [1.82, 2.24) is 4.90 Å². The molecule has 0 radical (unpaired) electrons. The third-order valence-electron chi connectivity index (χ3n) is 3.68. The molecule has 2 rings (SSSR count). The summed E-state index contributed by atoms with van der Waals surface area (Å²) in [6, 6.07) is 3.39. The second kappa shape index (κ2) is 5.49. The monoisotopic (exact) mass is 300 g/mol. The zero-order chi connectivity index (χ0) is 14.9. The minimum atomic E-state index is -4.18. The highest BCUT2D eigenvalue weighted by atomic mass is 32.2. The van der Waals surface area contributed by atoms with Crippen LogP contribution in [0.5, 0.6) is 0 Å². The Bertz CT molecular complexity index is 625. The van der Waals surface area contributed by atoms with E-state index in [1.165, 1.54) is 6.07 Å². The summed E-state index contributed by atoms with van der Waals surface area (Å²) in [5, 5.41) is 4.93. The van der Waals surface area contributed by atoms with Crippen molar-refractivity contribution in [2.45, 2.75) is 36.6 Å². The van der Waals surface area contributed by atoms with Crippen LogP contribution in [0.2, 0.25) is 0 Å². The smallest absolute Gasteiger partial charge is 0.253 e. The lowest BCUT2D eigenvalue weighted by Gasteiger charge is -2.24. The first-order valence-corrected chi connectivity index (χ1v) is 7.95. The number of carbonyl (C=O) groups excluding carboxylic acids is 1. The van der Waals surface area contributed by atoms with Crippen molar-refractivity contribution >= 4 is 15.9 Å². The van der Waals surface area contributed by atoms with Crippen LogP contribution in [0.3, 0.4) is 0 Å². The Morgan fingerprint density at radius 3 is 2.50 bits per heavy atom. The second-order valence-corrected chi connectivity index (χ2v) is 6.57. The Hall–Kier alpha value is -1.47.